The Bertz CT molecular complexity index is 812. The minimum Gasteiger partial charge on any atom is -0.394 e. The van der Waals surface area contributed by atoms with Crippen molar-refractivity contribution >= 4 is 24.8 Å². The van der Waals surface area contributed by atoms with E-state index >= 15 is 0 Å². The van der Waals surface area contributed by atoms with E-state index in [1.54, 1.807) is 0 Å². The second-order valence-corrected chi connectivity index (χ2v) is 6.19. The van der Waals surface area contributed by atoms with Gasteiger partial charge in [-0.2, -0.15) is 14.4 Å². The number of hydrogen-bond acceptors (Lipinski definition) is 9. The van der Waals surface area contributed by atoms with Crippen molar-refractivity contribution in [3.05, 3.63) is 12.4 Å². The number of imidazole rings is 1. The SMILES string of the molecule is Nc1nc(F)nc2c1ncn2[C@@H]1O[C@H](CO)[C@H](OP(=O)(O)O)C1O. The van der Waals surface area contributed by atoms with Crippen molar-refractivity contribution in [2.75, 3.05) is 12.3 Å². The molecular formula is C10H13FN5O7P. The summed E-state index contributed by atoms with van der Waals surface area (Å²) >= 11 is 0. The van der Waals surface area contributed by atoms with Gasteiger partial charge in [-0.15, -0.1) is 0 Å². The molecule has 1 aliphatic heterocycles. The van der Waals surface area contributed by atoms with Gasteiger partial charge in [0.2, 0.25) is 0 Å². The Labute approximate surface area is 132 Å². The summed E-state index contributed by atoms with van der Waals surface area (Å²) in [5.41, 5.74) is 5.48. The number of fused-ring (bicyclic) bond motifs is 1. The zero-order valence-corrected chi connectivity index (χ0v) is 12.7. The molecule has 6 N–H and O–H groups in total. The molecule has 2 aromatic rings. The molecule has 0 aromatic carbocycles. The third-order valence-corrected chi connectivity index (χ3v) is 3.96. The van der Waals surface area contributed by atoms with E-state index in [1.807, 2.05) is 0 Å². The van der Waals surface area contributed by atoms with Crippen LogP contribution in [-0.4, -0.2) is 64.4 Å². The Morgan fingerprint density at radius 3 is 2.79 bits per heavy atom. The van der Waals surface area contributed by atoms with Gasteiger partial charge in [0, 0.05) is 0 Å². The minimum absolute atomic E-state index is 0.0482. The Kier molecular flexibility index (Phi) is 4.25. The van der Waals surface area contributed by atoms with E-state index in [0.717, 1.165) is 10.9 Å². The summed E-state index contributed by atoms with van der Waals surface area (Å²) in [6.07, 6.45) is -5.65. The number of phosphoric acid groups is 1. The van der Waals surface area contributed by atoms with Crippen LogP contribution in [0, 0.1) is 6.08 Å². The number of anilines is 1. The van der Waals surface area contributed by atoms with Crippen LogP contribution >= 0.6 is 7.82 Å². The molecule has 0 radical (unpaired) electrons. The zero-order valence-electron chi connectivity index (χ0n) is 11.8. The van der Waals surface area contributed by atoms with Crippen molar-refractivity contribution in [1.29, 1.82) is 0 Å². The van der Waals surface area contributed by atoms with E-state index in [9.17, 15) is 19.2 Å². The second-order valence-electron chi connectivity index (χ2n) is 5.00. The molecule has 1 fully saturated rings. The third kappa shape index (κ3) is 2.98. The van der Waals surface area contributed by atoms with Gasteiger partial charge < -0.3 is 30.5 Å². The first-order valence-electron chi connectivity index (χ1n) is 6.55. The summed E-state index contributed by atoms with van der Waals surface area (Å²) in [6.45, 7) is -0.684. The van der Waals surface area contributed by atoms with Gasteiger partial charge in [-0.3, -0.25) is 9.09 Å². The Morgan fingerprint density at radius 2 is 2.17 bits per heavy atom. The average Bonchev–Trinajstić information content (AvgIpc) is 3.00. The summed E-state index contributed by atoms with van der Waals surface area (Å²) in [4.78, 5) is 28.5. The van der Waals surface area contributed by atoms with Crippen LogP contribution in [0.1, 0.15) is 6.23 Å². The Hall–Kier alpha value is -1.73. The van der Waals surface area contributed by atoms with Crippen LogP contribution in [0.3, 0.4) is 0 Å². The summed E-state index contributed by atoms with van der Waals surface area (Å²) < 4.78 is 35.3. The predicted octanol–water partition coefficient (Wildman–Crippen LogP) is -1.72. The van der Waals surface area contributed by atoms with Gasteiger partial charge in [-0.1, -0.05) is 0 Å². The van der Waals surface area contributed by atoms with Crippen molar-refractivity contribution in [2.45, 2.75) is 24.5 Å². The fourth-order valence-electron chi connectivity index (χ4n) is 2.48. The number of phosphoric ester groups is 1. The highest BCUT2D eigenvalue weighted by Crippen LogP contribution is 2.44. The average molecular weight is 365 g/mol. The van der Waals surface area contributed by atoms with Crippen LogP contribution < -0.4 is 5.73 Å². The summed E-state index contributed by atoms with van der Waals surface area (Å²) in [7, 11) is -4.95. The number of ether oxygens (including phenoxy) is 1. The van der Waals surface area contributed by atoms with E-state index in [1.165, 1.54) is 0 Å². The minimum atomic E-state index is -4.95. The highest BCUT2D eigenvalue weighted by atomic mass is 31.2. The van der Waals surface area contributed by atoms with Gasteiger partial charge in [0.1, 0.15) is 18.3 Å². The van der Waals surface area contributed by atoms with Crippen molar-refractivity contribution < 1.29 is 38.2 Å². The Balaban J connectivity index is 2.00. The van der Waals surface area contributed by atoms with Crippen LogP contribution in [0.15, 0.2) is 6.33 Å². The van der Waals surface area contributed by atoms with Crippen LogP contribution in [0.25, 0.3) is 11.2 Å². The fourth-order valence-corrected chi connectivity index (χ4v) is 3.06. The standard InChI is InChI=1S/C10H13FN5O7P/c11-10-14-7(12)4-8(15-10)16(2-13-4)9-5(18)6(3(1-17)22-9)23-24(19,20)21/h2-3,5-6,9,17-18H,1H2,(H2,12,14,15)(H2,19,20,21)/t3-,5?,6+,9-/m1/s1. The molecule has 0 bridgehead atoms. The lowest BCUT2D eigenvalue weighted by Crippen LogP contribution is -2.35. The number of aromatic nitrogens is 4. The van der Waals surface area contributed by atoms with Gasteiger partial charge in [0.15, 0.2) is 23.2 Å². The molecular weight excluding hydrogens is 352 g/mol. The number of halogens is 1. The molecule has 4 atom stereocenters. The number of nitrogens with two attached hydrogens (primary N) is 1. The number of nitrogen functional groups attached to an aromatic ring is 1. The lowest BCUT2D eigenvalue weighted by Gasteiger charge is -2.20. The van der Waals surface area contributed by atoms with E-state index in [-0.39, 0.29) is 17.0 Å². The highest BCUT2D eigenvalue weighted by Gasteiger charge is 2.48. The molecule has 0 spiro atoms. The number of hydrogen-bond donors (Lipinski definition) is 5. The lowest BCUT2D eigenvalue weighted by molar-refractivity contribution is -0.0509. The van der Waals surface area contributed by atoms with Crippen LogP contribution in [-0.2, 0) is 13.8 Å². The highest BCUT2D eigenvalue weighted by molar-refractivity contribution is 7.46. The predicted molar refractivity (Wildman–Crippen MR) is 73.6 cm³/mol. The first-order chi connectivity index (χ1) is 11.2. The number of aliphatic hydroxyl groups is 2. The number of rotatable bonds is 4. The van der Waals surface area contributed by atoms with Gasteiger partial charge in [-0.25, -0.2) is 9.55 Å². The van der Waals surface area contributed by atoms with Crippen molar-refractivity contribution in [3.8, 4) is 0 Å². The molecule has 24 heavy (non-hydrogen) atoms. The van der Waals surface area contributed by atoms with E-state index in [4.69, 9.17) is 20.3 Å². The maximum atomic E-state index is 13.4. The maximum absolute atomic E-state index is 13.4. The molecule has 0 amide bonds. The first-order valence-corrected chi connectivity index (χ1v) is 8.08. The molecule has 1 saturated heterocycles. The molecule has 3 rings (SSSR count). The van der Waals surface area contributed by atoms with Crippen LogP contribution in [0.5, 0.6) is 0 Å². The number of aliphatic hydroxyl groups excluding tert-OH is 2. The summed E-state index contributed by atoms with van der Waals surface area (Å²) in [5.74, 6) is -0.231. The molecule has 1 unspecified atom stereocenters. The zero-order chi connectivity index (χ0) is 17.6. The normalized spacial score (nSPS) is 27.9. The van der Waals surface area contributed by atoms with Crippen molar-refractivity contribution in [3.63, 3.8) is 0 Å². The molecule has 0 saturated carbocycles. The van der Waals surface area contributed by atoms with E-state index in [2.05, 4.69) is 19.5 Å². The van der Waals surface area contributed by atoms with Crippen molar-refractivity contribution in [1.82, 2.24) is 19.5 Å². The summed E-state index contributed by atoms with van der Waals surface area (Å²) in [5, 5.41) is 19.5. The van der Waals surface area contributed by atoms with Crippen molar-refractivity contribution in [2.24, 2.45) is 0 Å². The van der Waals surface area contributed by atoms with E-state index < -0.39 is 45.0 Å². The van der Waals surface area contributed by atoms with Gasteiger partial charge in [0.05, 0.1) is 12.9 Å². The number of nitrogens with zero attached hydrogens (tertiary/aromatic N) is 4. The topological polar surface area (TPSA) is 186 Å². The van der Waals surface area contributed by atoms with Gasteiger partial charge >= 0.3 is 13.9 Å². The second kappa shape index (κ2) is 5.97. The molecule has 3 heterocycles. The summed E-state index contributed by atoms with van der Waals surface area (Å²) in [6, 6.07) is 0. The Morgan fingerprint density at radius 1 is 1.46 bits per heavy atom. The van der Waals surface area contributed by atoms with E-state index in [0.29, 0.717) is 0 Å². The molecule has 2 aromatic heterocycles. The van der Waals surface area contributed by atoms with Crippen LogP contribution in [0.4, 0.5) is 10.2 Å². The fraction of sp³-hybridized carbons (Fsp3) is 0.500. The van der Waals surface area contributed by atoms with Gasteiger partial charge in [-0.05, 0) is 0 Å². The molecule has 1 aliphatic rings. The largest absolute Gasteiger partial charge is 0.470 e. The third-order valence-electron chi connectivity index (χ3n) is 3.44. The van der Waals surface area contributed by atoms with Gasteiger partial charge in [0.25, 0.3) is 0 Å². The monoisotopic (exact) mass is 365 g/mol. The smallest absolute Gasteiger partial charge is 0.394 e. The molecule has 132 valence electrons. The molecule has 14 heteroatoms. The first kappa shape index (κ1) is 17.1. The lowest BCUT2D eigenvalue weighted by atomic mass is 10.1. The quantitative estimate of drug-likeness (QED) is 0.306. The maximum Gasteiger partial charge on any atom is 0.470 e. The van der Waals surface area contributed by atoms with Crippen LogP contribution in [0.2, 0.25) is 0 Å². The molecule has 0 aliphatic carbocycles. The molecule has 12 nitrogen and oxygen atoms in total.